The smallest absolute Gasteiger partial charge is 0.258 e. The lowest BCUT2D eigenvalue weighted by Gasteiger charge is -2.09. The number of carbonyl (C=O) groups excluding carboxylic acids is 1. The lowest BCUT2D eigenvalue weighted by atomic mass is 10.3. The van der Waals surface area contributed by atoms with E-state index in [1.165, 1.54) is 10.5 Å². The van der Waals surface area contributed by atoms with Crippen molar-refractivity contribution in [2.75, 3.05) is 5.75 Å². The van der Waals surface area contributed by atoms with Gasteiger partial charge in [0.1, 0.15) is 11.4 Å². The highest BCUT2D eigenvalue weighted by Crippen LogP contribution is 2.06. The maximum absolute atomic E-state index is 12.1. The molecule has 0 bridgehead atoms. The number of pyridine rings is 1. The second kappa shape index (κ2) is 6.49. The molecule has 8 heteroatoms. The van der Waals surface area contributed by atoms with Crippen molar-refractivity contribution in [3.8, 4) is 0 Å². The molecule has 0 radical (unpaired) electrons. The van der Waals surface area contributed by atoms with Gasteiger partial charge >= 0.3 is 0 Å². The third-order valence-electron chi connectivity index (χ3n) is 3.03. The SMILES string of the molecule is Cc1ccc2nc(CS(=O)(=O)CC(=O)NC(C)C)cc(=O)n2c1. The van der Waals surface area contributed by atoms with E-state index in [4.69, 9.17) is 0 Å². The minimum atomic E-state index is -3.70. The van der Waals surface area contributed by atoms with Crippen molar-refractivity contribution in [1.29, 1.82) is 0 Å². The Labute approximate surface area is 134 Å². The summed E-state index contributed by atoms with van der Waals surface area (Å²) in [4.78, 5) is 27.8. The van der Waals surface area contributed by atoms with E-state index in [-0.39, 0.29) is 17.3 Å². The second-order valence-corrected chi connectivity index (χ2v) is 7.84. The number of carbonyl (C=O) groups is 1. The third kappa shape index (κ3) is 4.62. The van der Waals surface area contributed by atoms with Crippen LogP contribution < -0.4 is 10.9 Å². The topological polar surface area (TPSA) is 97.6 Å². The van der Waals surface area contributed by atoms with Gasteiger partial charge in [0, 0.05) is 18.3 Å². The fourth-order valence-electron chi connectivity index (χ4n) is 2.17. The maximum Gasteiger partial charge on any atom is 0.258 e. The van der Waals surface area contributed by atoms with E-state index in [0.717, 1.165) is 5.56 Å². The summed E-state index contributed by atoms with van der Waals surface area (Å²) in [6, 6.07) is 4.49. The molecule has 0 aliphatic heterocycles. The average molecular weight is 337 g/mol. The van der Waals surface area contributed by atoms with Crippen LogP contribution in [-0.4, -0.2) is 35.5 Å². The van der Waals surface area contributed by atoms with E-state index in [0.29, 0.717) is 5.65 Å². The van der Waals surface area contributed by atoms with E-state index in [1.54, 1.807) is 32.2 Å². The molecule has 0 unspecified atom stereocenters. The van der Waals surface area contributed by atoms with Gasteiger partial charge in [-0.1, -0.05) is 6.07 Å². The van der Waals surface area contributed by atoms with Crippen LogP contribution in [0.1, 0.15) is 25.1 Å². The number of nitrogens with zero attached hydrogens (tertiary/aromatic N) is 2. The first-order chi connectivity index (χ1) is 10.7. The van der Waals surface area contributed by atoms with Gasteiger partial charge < -0.3 is 5.32 Å². The predicted molar refractivity (Wildman–Crippen MR) is 87.0 cm³/mol. The quantitative estimate of drug-likeness (QED) is 0.854. The van der Waals surface area contributed by atoms with Crippen LogP contribution in [0, 0.1) is 6.92 Å². The van der Waals surface area contributed by atoms with E-state index >= 15 is 0 Å². The van der Waals surface area contributed by atoms with Crippen LogP contribution in [-0.2, 0) is 20.4 Å². The average Bonchev–Trinajstić information content (AvgIpc) is 2.37. The van der Waals surface area contributed by atoms with Gasteiger partial charge in [0.05, 0.1) is 11.4 Å². The molecule has 1 amide bonds. The van der Waals surface area contributed by atoms with Crippen molar-refractivity contribution in [3.63, 3.8) is 0 Å². The first-order valence-corrected chi connectivity index (χ1v) is 8.97. The van der Waals surface area contributed by atoms with Crippen LogP contribution in [0.25, 0.3) is 5.65 Å². The summed E-state index contributed by atoms with van der Waals surface area (Å²) in [5, 5.41) is 2.53. The number of nitrogens with one attached hydrogen (secondary N) is 1. The number of amides is 1. The zero-order valence-corrected chi connectivity index (χ0v) is 14.1. The zero-order valence-electron chi connectivity index (χ0n) is 13.2. The summed E-state index contributed by atoms with van der Waals surface area (Å²) in [5.41, 5.74) is 1.05. The Balaban J connectivity index is 2.26. The van der Waals surface area contributed by atoms with Gasteiger partial charge in [0.25, 0.3) is 5.56 Å². The number of rotatable bonds is 5. The Kier molecular flexibility index (Phi) is 4.84. The number of sulfone groups is 1. The summed E-state index contributed by atoms with van der Waals surface area (Å²) in [6.45, 7) is 5.34. The first kappa shape index (κ1) is 17.1. The Morgan fingerprint density at radius 2 is 2.04 bits per heavy atom. The lowest BCUT2D eigenvalue weighted by Crippen LogP contribution is -2.35. The van der Waals surface area contributed by atoms with E-state index in [9.17, 15) is 18.0 Å². The molecule has 0 aliphatic rings. The Morgan fingerprint density at radius 3 is 2.70 bits per heavy atom. The minimum Gasteiger partial charge on any atom is -0.353 e. The molecule has 0 aliphatic carbocycles. The van der Waals surface area contributed by atoms with Crippen molar-refractivity contribution in [2.45, 2.75) is 32.6 Å². The zero-order chi connectivity index (χ0) is 17.2. The third-order valence-corrected chi connectivity index (χ3v) is 4.47. The minimum absolute atomic E-state index is 0.135. The summed E-state index contributed by atoms with van der Waals surface area (Å²) < 4.78 is 25.5. The Morgan fingerprint density at radius 1 is 1.35 bits per heavy atom. The molecule has 1 N–H and O–H groups in total. The summed E-state index contributed by atoms with van der Waals surface area (Å²) in [7, 11) is -3.70. The summed E-state index contributed by atoms with van der Waals surface area (Å²) in [5.74, 6) is -1.63. The normalized spacial score (nSPS) is 11.8. The maximum atomic E-state index is 12.1. The molecule has 2 rings (SSSR count). The molecule has 0 spiro atoms. The highest BCUT2D eigenvalue weighted by molar-refractivity contribution is 7.91. The van der Waals surface area contributed by atoms with Crippen molar-refractivity contribution in [1.82, 2.24) is 14.7 Å². The largest absolute Gasteiger partial charge is 0.353 e. The molecular weight excluding hydrogens is 318 g/mol. The summed E-state index contributed by atoms with van der Waals surface area (Å²) >= 11 is 0. The first-order valence-electron chi connectivity index (χ1n) is 7.15. The molecular formula is C15H19N3O4S. The molecule has 2 heterocycles. The molecule has 2 aromatic rings. The van der Waals surface area contributed by atoms with Crippen molar-refractivity contribution < 1.29 is 13.2 Å². The van der Waals surface area contributed by atoms with Crippen LogP contribution >= 0.6 is 0 Å². The summed E-state index contributed by atoms with van der Waals surface area (Å²) in [6.07, 6.45) is 1.64. The fourth-order valence-corrected chi connectivity index (χ4v) is 3.36. The predicted octanol–water partition coefficient (Wildman–Crippen LogP) is 0.442. The molecule has 0 aromatic carbocycles. The number of hydrogen-bond donors (Lipinski definition) is 1. The Bertz CT molecular complexity index is 901. The number of hydrogen-bond acceptors (Lipinski definition) is 5. The molecule has 23 heavy (non-hydrogen) atoms. The van der Waals surface area contributed by atoms with Crippen LogP contribution in [0.2, 0.25) is 0 Å². The van der Waals surface area contributed by atoms with Crippen LogP contribution in [0.5, 0.6) is 0 Å². The van der Waals surface area contributed by atoms with Crippen LogP contribution in [0.15, 0.2) is 29.2 Å². The van der Waals surface area contributed by atoms with Crippen molar-refractivity contribution in [3.05, 3.63) is 46.0 Å². The number of aryl methyl sites for hydroxylation is 1. The molecule has 0 fully saturated rings. The molecule has 0 atom stereocenters. The molecule has 7 nitrogen and oxygen atoms in total. The van der Waals surface area contributed by atoms with Gasteiger partial charge in [-0.3, -0.25) is 14.0 Å². The monoisotopic (exact) mass is 337 g/mol. The molecule has 2 aromatic heterocycles. The van der Waals surface area contributed by atoms with Crippen molar-refractivity contribution in [2.24, 2.45) is 0 Å². The highest BCUT2D eigenvalue weighted by atomic mass is 32.2. The van der Waals surface area contributed by atoms with Gasteiger partial charge in [-0.15, -0.1) is 0 Å². The second-order valence-electron chi connectivity index (χ2n) is 5.77. The molecule has 0 saturated carbocycles. The molecule has 0 saturated heterocycles. The van der Waals surface area contributed by atoms with Gasteiger partial charge in [-0.25, -0.2) is 13.4 Å². The van der Waals surface area contributed by atoms with Crippen LogP contribution in [0.4, 0.5) is 0 Å². The van der Waals surface area contributed by atoms with Gasteiger partial charge in [-0.2, -0.15) is 0 Å². The van der Waals surface area contributed by atoms with Gasteiger partial charge in [-0.05, 0) is 32.4 Å². The fraction of sp³-hybridized carbons (Fsp3) is 0.400. The number of fused-ring (bicyclic) bond motifs is 1. The van der Waals surface area contributed by atoms with Crippen LogP contribution in [0.3, 0.4) is 0 Å². The van der Waals surface area contributed by atoms with E-state index < -0.39 is 27.3 Å². The molecule has 124 valence electrons. The highest BCUT2D eigenvalue weighted by Gasteiger charge is 2.19. The van der Waals surface area contributed by atoms with Crippen molar-refractivity contribution >= 4 is 21.4 Å². The van der Waals surface area contributed by atoms with E-state index in [2.05, 4.69) is 10.3 Å². The lowest BCUT2D eigenvalue weighted by molar-refractivity contribution is -0.119. The number of aromatic nitrogens is 2. The van der Waals surface area contributed by atoms with E-state index in [1.807, 2.05) is 6.92 Å². The van der Waals surface area contributed by atoms with Gasteiger partial charge in [0.15, 0.2) is 9.84 Å². The van der Waals surface area contributed by atoms with Gasteiger partial charge in [0.2, 0.25) is 5.91 Å². The Hall–Kier alpha value is -2.22. The standard InChI is InChI=1S/C15H19N3O4S/c1-10(2)16-14(19)9-23(21,22)8-12-6-15(20)18-7-11(3)4-5-13(18)17-12/h4-7,10H,8-9H2,1-3H3,(H,16,19).